The molecule has 3 fully saturated rings. The predicted octanol–water partition coefficient (Wildman–Crippen LogP) is 16.0. The monoisotopic (exact) mass is 1090 g/mol. The third-order valence-corrected chi connectivity index (χ3v) is 17.2. The van der Waals surface area contributed by atoms with Crippen molar-refractivity contribution in [2.75, 3.05) is 52.9 Å². The highest BCUT2D eigenvalue weighted by molar-refractivity contribution is 7.20. The van der Waals surface area contributed by atoms with Crippen molar-refractivity contribution in [3.63, 3.8) is 0 Å². The van der Waals surface area contributed by atoms with E-state index in [2.05, 4.69) is 60.4 Å². The van der Waals surface area contributed by atoms with Crippen LogP contribution < -0.4 is 14.2 Å². The first kappa shape index (κ1) is 56.3. The smallest absolute Gasteiger partial charge is 0.166 e. The minimum atomic E-state index is -0.863. The molecule has 3 heterocycles. The van der Waals surface area contributed by atoms with Crippen LogP contribution in [0.15, 0.2) is 125 Å². The molecule has 3 unspecified atom stereocenters. The number of fused-ring (bicyclic) bond motifs is 3. The van der Waals surface area contributed by atoms with Crippen LogP contribution in [0.25, 0.3) is 32.0 Å². The van der Waals surface area contributed by atoms with E-state index in [4.69, 9.17) is 33.2 Å². The van der Waals surface area contributed by atoms with Gasteiger partial charge in [-0.25, -0.2) is 8.78 Å². The van der Waals surface area contributed by atoms with Crippen molar-refractivity contribution >= 4 is 44.1 Å². The Bertz CT molecular complexity index is 3150. The van der Waals surface area contributed by atoms with Crippen LogP contribution in [0.5, 0.6) is 17.2 Å². The number of benzene rings is 6. The van der Waals surface area contributed by atoms with Crippen LogP contribution in [0.3, 0.4) is 0 Å². The topological polar surface area (TPSA) is 92.6 Å². The molecule has 0 bridgehead atoms. The van der Waals surface area contributed by atoms with Crippen molar-refractivity contribution < 1.29 is 41.9 Å². The third kappa shape index (κ3) is 14.9. The maximum absolute atomic E-state index is 16.1. The van der Waals surface area contributed by atoms with Crippen molar-refractivity contribution in [3.05, 3.63) is 160 Å². The molecular formula is C67H76F2N2O7S. The molecule has 3 atom stereocenters. The number of hydrogen-bond donors (Lipinski definition) is 0. The Labute approximate surface area is 469 Å². The third-order valence-electron chi connectivity index (χ3n) is 16.0. The number of aryl methyl sites for hydroxylation is 3. The molecule has 1 aliphatic carbocycles. The van der Waals surface area contributed by atoms with Gasteiger partial charge in [-0.2, -0.15) is 10.2 Å². The van der Waals surface area contributed by atoms with Crippen LogP contribution in [0.2, 0.25) is 0 Å². The fourth-order valence-electron chi connectivity index (χ4n) is 10.9. The number of rotatable bonds is 30. The quantitative estimate of drug-likeness (QED) is 0.0192. The van der Waals surface area contributed by atoms with Crippen LogP contribution in [-0.4, -0.2) is 77.0 Å². The SMILES string of the molecule is CCC1(COCCCCCCOc2ccc(COc3c(/C=N/N=C(\C)c4cc5ccccc5s4)cc(CCc4ccc(-c5ccc(OCCCCCOCC6CCC7OC7C6)cc5)c(F)c4F)c4ccccc34)cc2C)COC1. The van der Waals surface area contributed by atoms with Crippen molar-refractivity contribution in [1.82, 2.24) is 0 Å². The summed E-state index contributed by atoms with van der Waals surface area (Å²) in [5.41, 5.74) is 5.88. The van der Waals surface area contributed by atoms with Crippen LogP contribution in [0.4, 0.5) is 8.78 Å². The summed E-state index contributed by atoms with van der Waals surface area (Å²) in [6.45, 7) is 12.6. The Balaban J connectivity index is 0.762. The zero-order valence-electron chi connectivity index (χ0n) is 46.3. The van der Waals surface area contributed by atoms with E-state index in [-0.39, 0.29) is 17.4 Å². The standard InChI is InChI=1S/C67H76F2N2O7S/c1-4-67(44-74-45-67)43-73-33-12-5-6-14-35-76-59-30-20-48(36-46(59)2)42-77-66-54(40-70-71-47(3)63-39-53-16-8-11-19-62(53)79-63)38-52(56-17-9-10-18-58(56)66)23-22-51-26-29-57(65(69)64(51)68)50-24-27-55(28-25-50)75-34-15-7-13-32-72-41-49-21-31-60-61(37-49)78-60/h8-11,16-20,24-30,36,38-40,49,60-61H,4-7,12-15,21-23,31-35,37,41-45H2,1-3H3/b70-40+,71-47+. The first-order chi connectivity index (χ1) is 38.7. The van der Waals surface area contributed by atoms with Crippen molar-refractivity contribution in [2.45, 2.75) is 123 Å². The minimum absolute atomic E-state index is 0.212. The molecule has 1 aromatic heterocycles. The van der Waals surface area contributed by atoms with Gasteiger partial charge >= 0.3 is 0 Å². The average molecular weight is 1090 g/mol. The first-order valence-electron chi connectivity index (χ1n) is 28.8. The van der Waals surface area contributed by atoms with Gasteiger partial charge in [0.1, 0.15) is 23.9 Å². The molecule has 416 valence electrons. The summed E-state index contributed by atoms with van der Waals surface area (Å²) in [6.07, 6.45) is 15.3. The number of nitrogens with zero attached hydrogens (tertiary/aromatic N) is 2. The molecule has 79 heavy (non-hydrogen) atoms. The lowest BCUT2D eigenvalue weighted by Gasteiger charge is -2.40. The second kappa shape index (κ2) is 27.4. The summed E-state index contributed by atoms with van der Waals surface area (Å²) in [7, 11) is 0. The normalized spacial score (nSPS) is 17.8. The number of halogens is 2. The number of hydrogen-bond acceptors (Lipinski definition) is 10. The highest BCUT2D eigenvalue weighted by atomic mass is 32.1. The van der Waals surface area contributed by atoms with Crippen LogP contribution in [0.1, 0.15) is 117 Å². The lowest BCUT2D eigenvalue weighted by atomic mass is 9.84. The fraction of sp³-hybridized carbons (Fsp3) is 0.433. The molecule has 2 saturated heterocycles. The molecule has 0 spiro atoms. The van der Waals surface area contributed by atoms with Gasteiger partial charge in [0.15, 0.2) is 11.6 Å². The van der Waals surface area contributed by atoms with E-state index in [0.717, 1.165) is 147 Å². The molecule has 12 heteroatoms. The van der Waals surface area contributed by atoms with Gasteiger partial charge in [0.05, 0.1) is 62.0 Å². The molecule has 7 aromatic rings. The lowest BCUT2D eigenvalue weighted by Crippen LogP contribution is -2.45. The molecule has 9 nitrogen and oxygen atoms in total. The summed E-state index contributed by atoms with van der Waals surface area (Å²) in [5, 5.41) is 12.3. The number of epoxide rings is 1. The number of unbranched alkanes of at least 4 members (excludes halogenated alkanes) is 5. The highest BCUT2D eigenvalue weighted by Crippen LogP contribution is 2.40. The molecule has 0 N–H and O–H groups in total. The van der Waals surface area contributed by atoms with E-state index in [0.29, 0.717) is 67.0 Å². The molecular weight excluding hydrogens is 1010 g/mol. The molecule has 6 aromatic carbocycles. The zero-order valence-corrected chi connectivity index (χ0v) is 47.1. The molecule has 3 aliphatic rings. The van der Waals surface area contributed by atoms with Gasteiger partial charge in [-0.05, 0) is 178 Å². The predicted molar refractivity (Wildman–Crippen MR) is 315 cm³/mol. The summed E-state index contributed by atoms with van der Waals surface area (Å²) >= 11 is 1.68. The van der Waals surface area contributed by atoms with E-state index in [1.54, 1.807) is 41.8 Å². The molecule has 2 aliphatic heterocycles. The molecule has 10 rings (SSSR count). The summed E-state index contributed by atoms with van der Waals surface area (Å²) in [6, 6.07) is 37.3. The Morgan fingerprint density at radius 2 is 1.47 bits per heavy atom. The van der Waals surface area contributed by atoms with Gasteiger partial charge in [0, 0.05) is 46.4 Å². The van der Waals surface area contributed by atoms with Gasteiger partial charge < -0.3 is 33.2 Å². The fourth-order valence-corrected chi connectivity index (χ4v) is 11.9. The average Bonchev–Trinajstić information content (AvgIpc) is 4.11. The van der Waals surface area contributed by atoms with Gasteiger partial charge in [0.2, 0.25) is 0 Å². The van der Waals surface area contributed by atoms with Crippen LogP contribution >= 0.6 is 11.3 Å². The molecule has 0 amide bonds. The van der Waals surface area contributed by atoms with Crippen molar-refractivity contribution in [1.29, 1.82) is 0 Å². The Kier molecular flexibility index (Phi) is 19.5. The van der Waals surface area contributed by atoms with Gasteiger partial charge in [-0.15, -0.1) is 11.3 Å². The highest BCUT2D eigenvalue weighted by Gasteiger charge is 2.43. The summed E-state index contributed by atoms with van der Waals surface area (Å²) in [4.78, 5) is 1.04. The second-order valence-corrected chi connectivity index (χ2v) is 23.0. The maximum Gasteiger partial charge on any atom is 0.166 e. The van der Waals surface area contributed by atoms with Crippen molar-refractivity contribution in [2.24, 2.45) is 21.5 Å². The largest absolute Gasteiger partial charge is 0.494 e. The molecule has 1 saturated carbocycles. The van der Waals surface area contributed by atoms with E-state index in [1.165, 1.54) is 22.9 Å². The molecule has 0 radical (unpaired) electrons. The Morgan fingerprint density at radius 1 is 0.722 bits per heavy atom. The number of thiophene rings is 1. The van der Waals surface area contributed by atoms with E-state index in [9.17, 15) is 0 Å². The summed E-state index contributed by atoms with van der Waals surface area (Å²) < 4.78 is 75.2. The van der Waals surface area contributed by atoms with Gasteiger partial charge in [0.25, 0.3) is 0 Å². The van der Waals surface area contributed by atoms with E-state index in [1.807, 2.05) is 61.5 Å². The Morgan fingerprint density at radius 3 is 2.24 bits per heavy atom. The van der Waals surface area contributed by atoms with Crippen LogP contribution in [-0.2, 0) is 38.4 Å². The van der Waals surface area contributed by atoms with Gasteiger partial charge in [-0.3, -0.25) is 0 Å². The van der Waals surface area contributed by atoms with E-state index >= 15 is 8.78 Å². The van der Waals surface area contributed by atoms with E-state index < -0.39 is 11.6 Å². The lowest BCUT2D eigenvalue weighted by molar-refractivity contribution is -0.150. The summed E-state index contributed by atoms with van der Waals surface area (Å²) in [5.74, 6) is 1.17. The van der Waals surface area contributed by atoms with Crippen LogP contribution in [0, 0.1) is 29.9 Å². The first-order valence-corrected chi connectivity index (χ1v) is 29.6. The zero-order chi connectivity index (χ0) is 54.4. The van der Waals surface area contributed by atoms with Gasteiger partial charge in [-0.1, -0.05) is 86.1 Å². The number of ether oxygens (including phenoxy) is 7. The van der Waals surface area contributed by atoms with Crippen molar-refractivity contribution in [3.8, 4) is 28.4 Å². The second-order valence-electron chi connectivity index (χ2n) is 21.9. The Hall–Kier alpha value is -6.02. The minimum Gasteiger partial charge on any atom is -0.494 e. The maximum atomic E-state index is 16.1.